The first-order chi connectivity index (χ1) is 12.5. The third-order valence-corrected chi connectivity index (χ3v) is 6.78. The molecule has 4 aliphatic carbocycles. The van der Waals surface area contributed by atoms with Gasteiger partial charge in [-0.05, 0) is 49.1 Å². The number of nitrogens with zero attached hydrogens (tertiary/aromatic N) is 1. The fourth-order valence-electron chi connectivity index (χ4n) is 5.19. The summed E-state index contributed by atoms with van der Waals surface area (Å²) >= 11 is 6.02. The normalized spacial score (nSPS) is 37.4. The van der Waals surface area contributed by atoms with Crippen molar-refractivity contribution in [1.29, 1.82) is 0 Å². The van der Waals surface area contributed by atoms with Crippen molar-refractivity contribution < 1.29 is 19.1 Å². The van der Waals surface area contributed by atoms with Crippen LogP contribution in [-0.2, 0) is 14.4 Å². The van der Waals surface area contributed by atoms with Gasteiger partial charge in [-0.2, -0.15) is 0 Å². The van der Waals surface area contributed by atoms with Gasteiger partial charge in [-0.25, -0.2) is 4.79 Å². The topological polar surface area (TPSA) is 63.7 Å². The van der Waals surface area contributed by atoms with Crippen molar-refractivity contribution in [3.8, 4) is 5.75 Å². The van der Waals surface area contributed by atoms with E-state index in [1.807, 2.05) is 0 Å². The van der Waals surface area contributed by atoms with Crippen LogP contribution in [0.2, 0.25) is 5.02 Å². The molecule has 5 nitrogen and oxygen atoms in total. The van der Waals surface area contributed by atoms with Gasteiger partial charge in [0.1, 0.15) is 11.8 Å². The van der Waals surface area contributed by atoms with Crippen LogP contribution in [0.5, 0.6) is 5.75 Å². The Morgan fingerprint density at radius 2 is 1.69 bits per heavy atom. The number of carbonyl (C=O) groups is 3. The number of esters is 1. The van der Waals surface area contributed by atoms with Crippen LogP contribution in [-0.4, -0.2) is 28.7 Å². The SMILES string of the molecule is C[C@@H](C(=O)Oc1ccccc1Cl)N1C(=O)[C@@H]2[C@@H]3C=C[C@@H]([C@@H]4C[C@H]34)[C@@H]2C1=O. The van der Waals surface area contributed by atoms with Crippen molar-refractivity contribution in [3.05, 3.63) is 41.4 Å². The van der Waals surface area contributed by atoms with Gasteiger partial charge in [-0.1, -0.05) is 35.9 Å². The highest BCUT2D eigenvalue weighted by Gasteiger charge is 2.67. The fraction of sp³-hybridized carbons (Fsp3) is 0.450. The lowest BCUT2D eigenvalue weighted by molar-refractivity contribution is -0.152. The molecular formula is C20H18ClNO4. The summed E-state index contributed by atoms with van der Waals surface area (Å²) < 4.78 is 5.34. The van der Waals surface area contributed by atoms with Crippen LogP contribution in [0, 0.1) is 35.5 Å². The predicted molar refractivity (Wildman–Crippen MR) is 93.1 cm³/mol. The quantitative estimate of drug-likeness (QED) is 0.354. The molecule has 2 amide bonds. The molecule has 1 aliphatic heterocycles. The molecule has 2 bridgehead atoms. The molecule has 0 radical (unpaired) electrons. The van der Waals surface area contributed by atoms with E-state index in [9.17, 15) is 14.4 Å². The number of allylic oxidation sites excluding steroid dienone is 2. The maximum absolute atomic E-state index is 13.0. The van der Waals surface area contributed by atoms with Crippen molar-refractivity contribution in [1.82, 2.24) is 4.90 Å². The number of hydrogen-bond acceptors (Lipinski definition) is 4. The van der Waals surface area contributed by atoms with E-state index >= 15 is 0 Å². The molecule has 1 aromatic rings. The number of hydrogen-bond donors (Lipinski definition) is 0. The number of rotatable bonds is 3. The average Bonchev–Trinajstić information content (AvgIpc) is 3.41. The molecule has 1 saturated heterocycles. The van der Waals surface area contributed by atoms with E-state index in [4.69, 9.17) is 16.3 Å². The Labute approximate surface area is 155 Å². The molecule has 2 saturated carbocycles. The monoisotopic (exact) mass is 371 g/mol. The third kappa shape index (κ3) is 2.07. The van der Waals surface area contributed by atoms with Crippen LogP contribution in [0.1, 0.15) is 13.3 Å². The Kier molecular flexibility index (Phi) is 3.35. The number of imide groups is 1. The van der Waals surface area contributed by atoms with Gasteiger partial charge < -0.3 is 4.74 Å². The molecule has 1 aromatic carbocycles. The number of ether oxygens (including phenoxy) is 1. The second-order valence-electron chi connectivity index (χ2n) is 7.73. The number of amides is 2. The number of carbonyl (C=O) groups excluding carboxylic acids is 3. The maximum atomic E-state index is 13.0. The van der Waals surface area contributed by atoms with Crippen molar-refractivity contribution in [2.45, 2.75) is 19.4 Å². The zero-order valence-electron chi connectivity index (χ0n) is 14.2. The molecule has 3 fully saturated rings. The second kappa shape index (κ2) is 5.43. The van der Waals surface area contributed by atoms with E-state index in [2.05, 4.69) is 12.2 Å². The Morgan fingerprint density at radius 3 is 2.27 bits per heavy atom. The summed E-state index contributed by atoms with van der Waals surface area (Å²) in [5.41, 5.74) is 0. The molecule has 6 rings (SSSR count). The fourth-order valence-corrected chi connectivity index (χ4v) is 5.36. The van der Waals surface area contributed by atoms with E-state index < -0.39 is 12.0 Å². The van der Waals surface area contributed by atoms with Gasteiger partial charge in [0.15, 0.2) is 0 Å². The Balaban J connectivity index is 1.39. The molecule has 7 atom stereocenters. The van der Waals surface area contributed by atoms with Gasteiger partial charge >= 0.3 is 5.97 Å². The zero-order chi connectivity index (χ0) is 18.2. The van der Waals surface area contributed by atoms with Crippen LogP contribution in [0.4, 0.5) is 0 Å². The van der Waals surface area contributed by atoms with Crippen LogP contribution >= 0.6 is 11.6 Å². The number of halogens is 1. The van der Waals surface area contributed by atoms with Crippen LogP contribution in [0.3, 0.4) is 0 Å². The van der Waals surface area contributed by atoms with E-state index in [0.717, 1.165) is 11.3 Å². The first-order valence-corrected chi connectivity index (χ1v) is 9.38. The summed E-state index contributed by atoms with van der Waals surface area (Å²) in [6.07, 6.45) is 5.34. The largest absolute Gasteiger partial charge is 0.423 e. The summed E-state index contributed by atoms with van der Waals surface area (Å²) in [6, 6.07) is 5.67. The maximum Gasteiger partial charge on any atom is 0.334 e. The van der Waals surface area contributed by atoms with Crippen LogP contribution in [0.25, 0.3) is 0 Å². The van der Waals surface area contributed by atoms with Gasteiger partial charge in [-0.15, -0.1) is 0 Å². The highest BCUT2D eigenvalue weighted by Crippen LogP contribution is 2.65. The molecular weight excluding hydrogens is 354 g/mol. The molecule has 134 valence electrons. The van der Waals surface area contributed by atoms with Crippen molar-refractivity contribution >= 4 is 29.4 Å². The molecule has 5 aliphatic rings. The van der Waals surface area contributed by atoms with Crippen molar-refractivity contribution in [2.24, 2.45) is 35.5 Å². The number of likely N-dealkylation sites (tertiary alicyclic amines) is 1. The lowest BCUT2D eigenvalue weighted by Crippen LogP contribution is -2.45. The van der Waals surface area contributed by atoms with Crippen LogP contribution < -0.4 is 4.74 Å². The summed E-state index contributed by atoms with van der Waals surface area (Å²) in [5, 5.41) is 0.308. The van der Waals surface area contributed by atoms with Gasteiger partial charge in [0.2, 0.25) is 11.8 Å². The van der Waals surface area contributed by atoms with Gasteiger partial charge in [0, 0.05) is 0 Å². The van der Waals surface area contributed by atoms with E-state index in [-0.39, 0.29) is 41.2 Å². The summed E-state index contributed by atoms with van der Waals surface area (Å²) in [4.78, 5) is 39.7. The standard InChI is InChI=1S/C20H18ClNO4/c1-9(20(25)26-15-5-3-2-4-14(15)21)22-18(23)16-10-6-7-11(13-8-12(10)13)17(16)19(22)24/h2-7,9-13,16-17H,8H2,1H3/t9-,10-,11+,12-,13+,16-,17+/m0/s1. The lowest BCUT2D eigenvalue weighted by Gasteiger charge is -2.37. The predicted octanol–water partition coefficient (Wildman–Crippen LogP) is 2.69. The molecule has 6 heteroatoms. The minimum atomic E-state index is -0.965. The smallest absolute Gasteiger partial charge is 0.334 e. The summed E-state index contributed by atoms with van der Waals surface area (Å²) in [6.45, 7) is 1.54. The van der Waals surface area contributed by atoms with Crippen molar-refractivity contribution in [2.75, 3.05) is 0 Å². The molecule has 26 heavy (non-hydrogen) atoms. The summed E-state index contributed by atoms with van der Waals surface area (Å²) in [7, 11) is 0. The zero-order valence-corrected chi connectivity index (χ0v) is 14.9. The lowest BCUT2D eigenvalue weighted by atomic mass is 9.63. The Morgan fingerprint density at radius 1 is 1.12 bits per heavy atom. The summed E-state index contributed by atoms with van der Waals surface area (Å²) in [5.74, 6) is -0.141. The van der Waals surface area contributed by atoms with E-state index in [1.165, 1.54) is 0 Å². The highest BCUT2D eigenvalue weighted by atomic mass is 35.5. The Bertz CT molecular complexity index is 829. The van der Waals surface area contributed by atoms with Gasteiger partial charge in [0.25, 0.3) is 0 Å². The second-order valence-corrected chi connectivity index (χ2v) is 8.14. The van der Waals surface area contributed by atoms with E-state index in [0.29, 0.717) is 16.9 Å². The van der Waals surface area contributed by atoms with Crippen LogP contribution in [0.15, 0.2) is 36.4 Å². The molecule has 0 unspecified atom stereocenters. The first kappa shape index (κ1) is 16.1. The molecule has 0 N–H and O–H groups in total. The van der Waals surface area contributed by atoms with Gasteiger partial charge in [-0.3, -0.25) is 14.5 Å². The number of para-hydroxylation sites is 1. The highest BCUT2D eigenvalue weighted by molar-refractivity contribution is 6.32. The first-order valence-electron chi connectivity index (χ1n) is 9.00. The molecule has 0 aromatic heterocycles. The minimum absolute atomic E-state index is 0.142. The van der Waals surface area contributed by atoms with E-state index in [1.54, 1.807) is 31.2 Å². The molecule has 0 spiro atoms. The Hall–Kier alpha value is -2.14. The molecule has 1 heterocycles. The minimum Gasteiger partial charge on any atom is -0.423 e. The number of benzene rings is 1. The average molecular weight is 372 g/mol. The van der Waals surface area contributed by atoms with Gasteiger partial charge in [0.05, 0.1) is 16.9 Å². The van der Waals surface area contributed by atoms with Crippen molar-refractivity contribution in [3.63, 3.8) is 0 Å². The third-order valence-electron chi connectivity index (χ3n) is 6.47.